The molecule has 0 unspecified atom stereocenters. The molecule has 1 heterocycles. The molecule has 0 aliphatic heterocycles. The van der Waals surface area contributed by atoms with E-state index in [0.29, 0.717) is 5.56 Å². The number of primary amides is 1. The van der Waals surface area contributed by atoms with Crippen LogP contribution in [0.5, 0.6) is 5.75 Å². The lowest BCUT2D eigenvalue weighted by atomic mass is 10.1. The van der Waals surface area contributed by atoms with E-state index in [1.54, 1.807) is 13.3 Å². The van der Waals surface area contributed by atoms with Gasteiger partial charge in [-0.1, -0.05) is 0 Å². The third-order valence-corrected chi connectivity index (χ3v) is 2.70. The number of rotatable bonds is 3. The molecule has 0 aliphatic rings. The van der Waals surface area contributed by atoms with Crippen LogP contribution in [0.15, 0.2) is 24.4 Å². The summed E-state index contributed by atoms with van der Waals surface area (Å²) in [5.41, 5.74) is 6.86. The highest BCUT2D eigenvalue weighted by Crippen LogP contribution is 2.25. The van der Waals surface area contributed by atoms with Gasteiger partial charge < -0.3 is 15.0 Å². The van der Waals surface area contributed by atoms with Crippen molar-refractivity contribution in [3.63, 3.8) is 0 Å². The largest absolute Gasteiger partial charge is 0.497 e. The molecule has 0 saturated heterocycles. The molecular weight excluding hydrogens is 204 g/mol. The van der Waals surface area contributed by atoms with Crippen LogP contribution in [0.1, 0.15) is 17.3 Å². The number of hydrogen-bond donors (Lipinski definition) is 1. The van der Waals surface area contributed by atoms with Gasteiger partial charge in [0.25, 0.3) is 5.91 Å². The summed E-state index contributed by atoms with van der Waals surface area (Å²) in [5, 5.41) is 0.871. The van der Waals surface area contributed by atoms with Crippen molar-refractivity contribution in [2.75, 3.05) is 7.11 Å². The molecule has 0 spiro atoms. The first-order chi connectivity index (χ1) is 7.67. The number of aromatic nitrogens is 1. The van der Waals surface area contributed by atoms with Crippen molar-refractivity contribution in [2.45, 2.75) is 13.5 Å². The van der Waals surface area contributed by atoms with Gasteiger partial charge in [-0.2, -0.15) is 0 Å². The third-order valence-electron chi connectivity index (χ3n) is 2.70. The number of amides is 1. The molecule has 2 aromatic rings. The number of nitrogens with zero attached hydrogens (tertiary/aromatic N) is 1. The Balaban J connectivity index is 2.74. The average Bonchev–Trinajstić information content (AvgIpc) is 2.66. The normalized spacial score (nSPS) is 10.6. The fraction of sp³-hybridized carbons (Fsp3) is 0.250. The highest BCUT2D eigenvalue weighted by Gasteiger charge is 2.12. The molecule has 2 N–H and O–H groups in total. The van der Waals surface area contributed by atoms with Crippen LogP contribution in [-0.4, -0.2) is 17.6 Å². The Morgan fingerprint density at radius 3 is 2.81 bits per heavy atom. The first-order valence-corrected chi connectivity index (χ1v) is 5.14. The Morgan fingerprint density at radius 1 is 1.50 bits per heavy atom. The van der Waals surface area contributed by atoms with Gasteiger partial charge in [-0.05, 0) is 19.1 Å². The van der Waals surface area contributed by atoms with Crippen molar-refractivity contribution < 1.29 is 9.53 Å². The summed E-state index contributed by atoms with van der Waals surface area (Å²) in [6.45, 7) is 2.81. The number of aryl methyl sites for hydroxylation is 1. The maximum absolute atomic E-state index is 11.3. The lowest BCUT2D eigenvalue weighted by Gasteiger charge is -2.02. The highest BCUT2D eigenvalue weighted by atomic mass is 16.5. The maximum atomic E-state index is 11.3. The molecule has 0 atom stereocenters. The van der Waals surface area contributed by atoms with E-state index >= 15 is 0 Å². The zero-order valence-corrected chi connectivity index (χ0v) is 9.36. The zero-order chi connectivity index (χ0) is 11.7. The van der Waals surface area contributed by atoms with Gasteiger partial charge in [-0.15, -0.1) is 0 Å². The molecule has 0 saturated carbocycles. The van der Waals surface area contributed by atoms with Crippen LogP contribution in [0.4, 0.5) is 0 Å². The number of hydrogen-bond acceptors (Lipinski definition) is 2. The number of nitrogens with two attached hydrogens (primary N) is 1. The third kappa shape index (κ3) is 1.52. The summed E-state index contributed by atoms with van der Waals surface area (Å²) in [6, 6.07) is 5.60. The second kappa shape index (κ2) is 3.89. The first kappa shape index (κ1) is 10.5. The van der Waals surface area contributed by atoms with Crippen LogP contribution >= 0.6 is 0 Å². The van der Waals surface area contributed by atoms with E-state index in [1.807, 2.05) is 29.7 Å². The number of fused-ring (bicyclic) bond motifs is 1. The van der Waals surface area contributed by atoms with Crippen molar-refractivity contribution in [1.82, 2.24) is 4.57 Å². The van der Waals surface area contributed by atoms with Gasteiger partial charge in [0.15, 0.2) is 0 Å². The van der Waals surface area contributed by atoms with E-state index < -0.39 is 5.91 Å². The van der Waals surface area contributed by atoms with Gasteiger partial charge in [0.2, 0.25) is 0 Å². The van der Waals surface area contributed by atoms with Crippen molar-refractivity contribution in [3.8, 4) is 5.75 Å². The van der Waals surface area contributed by atoms with Gasteiger partial charge in [-0.3, -0.25) is 4.79 Å². The molecule has 1 aromatic heterocycles. The van der Waals surface area contributed by atoms with Crippen LogP contribution in [0.2, 0.25) is 0 Å². The first-order valence-electron chi connectivity index (χ1n) is 5.14. The molecule has 84 valence electrons. The van der Waals surface area contributed by atoms with E-state index in [4.69, 9.17) is 10.5 Å². The number of benzene rings is 1. The predicted molar refractivity (Wildman–Crippen MR) is 62.7 cm³/mol. The van der Waals surface area contributed by atoms with Crippen LogP contribution in [0.25, 0.3) is 10.9 Å². The molecule has 0 fully saturated rings. The minimum atomic E-state index is -0.401. The summed E-state index contributed by atoms with van der Waals surface area (Å²) in [4.78, 5) is 11.3. The lowest BCUT2D eigenvalue weighted by molar-refractivity contribution is 0.100. The van der Waals surface area contributed by atoms with Crippen molar-refractivity contribution in [1.29, 1.82) is 0 Å². The SMILES string of the molecule is CCn1cc(C(N)=O)c2ccc(OC)cc21. The molecule has 0 radical (unpaired) electrons. The topological polar surface area (TPSA) is 57.2 Å². The van der Waals surface area contributed by atoms with Gasteiger partial charge in [0, 0.05) is 24.2 Å². The molecule has 1 aromatic carbocycles. The fourth-order valence-corrected chi connectivity index (χ4v) is 1.86. The molecule has 0 bridgehead atoms. The van der Waals surface area contributed by atoms with Gasteiger partial charge in [0.05, 0.1) is 18.2 Å². The summed E-state index contributed by atoms with van der Waals surface area (Å²) in [5.74, 6) is 0.374. The Morgan fingerprint density at radius 2 is 2.25 bits per heavy atom. The number of ether oxygens (including phenoxy) is 1. The molecule has 16 heavy (non-hydrogen) atoms. The molecule has 0 aliphatic carbocycles. The van der Waals surface area contributed by atoms with Crippen molar-refractivity contribution in [3.05, 3.63) is 30.0 Å². The zero-order valence-electron chi connectivity index (χ0n) is 9.36. The summed E-state index contributed by atoms with van der Waals surface area (Å²) in [6.07, 6.45) is 1.78. The maximum Gasteiger partial charge on any atom is 0.250 e. The molecule has 1 amide bonds. The van der Waals surface area contributed by atoms with E-state index in [9.17, 15) is 4.79 Å². The monoisotopic (exact) mass is 218 g/mol. The van der Waals surface area contributed by atoms with Gasteiger partial charge >= 0.3 is 0 Å². The minimum Gasteiger partial charge on any atom is -0.497 e. The number of methoxy groups -OCH3 is 1. The summed E-state index contributed by atoms with van der Waals surface area (Å²) >= 11 is 0. The molecular formula is C12H14N2O2. The standard InChI is InChI=1S/C12H14N2O2/c1-3-14-7-10(12(13)15)9-5-4-8(16-2)6-11(9)14/h4-7H,3H2,1-2H3,(H2,13,15). The minimum absolute atomic E-state index is 0.401. The molecule has 4 nitrogen and oxygen atoms in total. The molecule has 2 rings (SSSR count). The molecule has 4 heteroatoms. The Labute approximate surface area is 93.6 Å². The second-order valence-corrected chi connectivity index (χ2v) is 3.58. The lowest BCUT2D eigenvalue weighted by Crippen LogP contribution is -2.10. The van der Waals surface area contributed by atoms with E-state index in [0.717, 1.165) is 23.2 Å². The van der Waals surface area contributed by atoms with E-state index in [2.05, 4.69) is 0 Å². The Hall–Kier alpha value is -1.97. The van der Waals surface area contributed by atoms with Crippen molar-refractivity contribution in [2.24, 2.45) is 5.73 Å². The fourth-order valence-electron chi connectivity index (χ4n) is 1.86. The Bertz CT molecular complexity index is 543. The smallest absolute Gasteiger partial charge is 0.250 e. The van der Waals surface area contributed by atoms with Crippen LogP contribution in [-0.2, 0) is 6.54 Å². The van der Waals surface area contributed by atoms with E-state index in [-0.39, 0.29) is 0 Å². The summed E-state index contributed by atoms with van der Waals surface area (Å²) in [7, 11) is 1.62. The van der Waals surface area contributed by atoms with Crippen LogP contribution in [0.3, 0.4) is 0 Å². The average molecular weight is 218 g/mol. The summed E-state index contributed by atoms with van der Waals surface area (Å²) < 4.78 is 7.15. The Kier molecular flexibility index (Phi) is 2.56. The van der Waals surface area contributed by atoms with Crippen molar-refractivity contribution >= 4 is 16.8 Å². The quantitative estimate of drug-likeness (QED) is 0.853. The van der Waals surface area contributed by atoms with E-state index in [1.165, 1.54) is 0 Å². The highest BCUT2D eigenvalue weighted by molar-refractivity contribution is 6.06. The second-order valence-electron chi connectivity index (χ2n) is 3.58. The van der Waals surface area contributed by atoms with Crippen LogP contribution in [0, 0.1) is 0 Å². The van der Waals surface area contributed by atoms with Gasteiger partial charge in [-0.25, -0.2) is 0 Å². The van der Waals surface area contributed by atoms with Crippen LogP contribution < -0.4 is 10.5 Å². The number of carbonyl (C=O) groups is 1. The van der Waals surface area contributed by atoms with Gasteiger partial charge in [0.1, 0.15) is 5.75 Å². The predicted octanol–water partition coefficient (Wildman–Crippen LogP) is 1.77. The number of carbonyl (C=O) groups excluding carboxylic acids is 1.